The van der Waals surface area contributed by atoms with E-state index in [0.29, 0.717) is 30.6 Å². The van der Waals surface area contributed by atoms with Crippen LogP contribution < -0.4 is 5.56 Å². The molecule has 0 bridgehead atoms. The summed E-state index contributed by atoms with van der Waals surface area (Å²) in [7, 11) is 0. The molecule has 3 aromatic rings. The van der Waals surface area contributed by atoms with Gasteiger partial charge in [-0.15, -0.1) is 0 Å². The molecular weight excluding hydrogens is 369 g/mol. The molecule has 28 heavy (non-hydrogen) atoms. The van der Waals surface area contributed by atoms with Crippen molar-refractivity contribution in [1.82, 2.24) is 9.88 Å². The number of amides is 1. The molecule has 1 aliphatic heterocycles. The lowest BCUT2D eigenvalue weighted by Gasteiger charge is -2.29. The molecule has 0 fully saturated rings. The number of rotatable bonds is 1. The van der Waals surface area contributed by atoms with Crippen molar-refractivity contribution in [2.75, 3.05) is 6.54 Å². The largest absolute Gasteiger partial charge is 0.416 e. The van der Waals surface area contributed by atoms with E-state index in [1.165, 1.54) is 12.1 Å². The monoisotopic (exact) mass is 386 g/mol. The zero-order valence-corrected chi connectivity index (χ0v) is 15.1. The third-order valence-electron chi connectivity index (χ3n) is 5.11. The molecule has 1 aromatic heterocycles. The van der Waals surface area contributed by atoms with E-state index in [1.54, 1.807) is 11.8 Å². The van der Waals surface area contributed by atoms with Gasteiger partial charge >= 0.3 is 6.18 Å². The van der Waals surface area contributed by atoms with Gasteiger partial charge in [0.2, 0.25) is 0 Å². The molecule has 0 saturated carbocycles. The van der Waals surface area contributed by atoms with Gasteiger partial charge in [0.05, 0.1) is 5.56 Å². The molecule has 0 atom stereocenters. The Labute approximate surface area is 158 Å². The Hall–Kier alpha value is -3.09. The van der Waals surface area contributed by atoms with Crippen LogP contribution in [-0.2, 0) is 19.1 Å². The summed E-state index contributed by atoms with van der Waals surface area (Å²) < 4.78 is 38.1. The number of halogens is 3. The summed E-state index contributed by atoms with van der Waals surface area (Å²) in [5.74, 6) is -0.308. The van der Waals surface area contributed by atoms with Crippen LogP contribution in [0.3, 0.4) is 0 Å². The highest BCUT2D eigenvalue weighted by molar-refractivity contribution is 5.94. The molecule has 7 heteroatoms. The van der Waals surface area contributed by atoms with Crippen molar-refractivity contribution in [3.05, 3.63) is 80.6 Å². The number of fused-ring (bicyclic) bond motifs is 2. The zero-order chi connectivity index (χ0) is 20.1. The number of alkyl halides is 3. The fourth-order valence-electron chi connectivity index (χ4n) is 3.53. The molecule has 1 amide bonds. The van der Waals surface area contributed by atoms with Crippen LogP contribution in [0.15, 0.2) is 47.3 Å². The number of hydrogen-bond acceptors (Lipinski definition) is 2. The first-order valence-corrected chi connectivity index (χ1v) is 8.84. The van der Waals surface area contributed by atoms with Crippen molar-refractivity contribution in [3.8, 4) is 0 Å². The molecule has 2 heterocycles. The highest BCUT2D eigenvalue weighted by atomic mass is 19.4. The summed E-state index contributed by atoms with van der Waals surface area (Å²) in [5.41, 5.74) is 2.68. The Bertz CT molecular complexity index is 1130. The van der Waals surface area contributed by atoms with Gasteiger partial charge in [-0.05, 0) is 72.3 Å². The first-order valence-electron chi connectivity index (χ1n) is 8.84. The van der Waals surface area contributed by atoms with Crippen molar-refractivity contribution in [1.29, 1.82) is 0 Å². The van der Waals surface area contributed by atoms with Gasteiger partial charge in [-0.25, -0.2) is 0 Å². The van der Waals surface area contributed by atoms with E-state index in [9.17, 15) is 22.8 Å². The van der Waals surface area contributed by atoms with Crippen molar-refractivity contribution in [2.24, 2.45) is 0 Å². The van der Waals surface area contributed by atoms with Gasteiger partial charge < -0.3 is 9.88 Å². The van der Waals surface area contributed by atoms with Crippen LogP contribution in [0.25, 0.3) is 10.9 Å². The van der Waals surface area contributed by atoms with E-state index in [1.807, 2.05) is 18.2 Å². The summed E-state index contributed by atoms with van der Waals surface area (Å²) in [4.78, 5) is 29.0. The number of benzene rings is 2. The van der Waals surface area contributed by atoms with Gasteiger partial charge in [-0.1, -0.05) is 0 Å². The first kappa shape index (κ1) is 18.3. The Morgan fingerprint density at radius 3 is 2.46 bits per heavy atom. The predicted molar refractivity (Wildman–Crippen MR) is 99.2 cm³/mol. The molecular formula is C21H17F3N2O2. The molecule has 1 aliphatic rings. The average Bonchev–Trinajstić information content (AvgIpc) is 2.66. The maximum absolute atomic E-state index is 12.7. The normalized spacial score (nSPS) is 14.2. The fourth-order valence-corrected chi connectivity index (χ4v) is 3.53. The minimum Gasteiger partial charge on any atom is -0.334 e. The van der Waals surface area contributed by atoms with Gasteiger partial charge in [-0.3, -0.25) is 9.59 Å². The third-order valence-corrected chi connectivity index (χ3v) is 5.11. The van der Waals surface area contributed by atoms with Crippen molar-refractivity contribution >= 4 is 16.8 Å². The van der Waals surface area contributed by atoms with Crippen molar-refractivity contribution in [3.63, 3.8) is 0 Å². The number of carbonyl (C=O) groups is 1. The lowest BCUT2D eigenvalue weighted by atomic mass is 9.96. The third kappa shape index (κ3) is 3.28. The van der Waals surface area contributed by atoms with Crippen LogP contribution in [-0.4, -0.2) is 22.3 Å². The smallest absolute Gasteiger partial charge is 0.334 e. The fraction of sp³-hybridized carbons (Fsp3) is 0.238. The lowest BCUT2D eigenvalue weighted by Crippen LogP contribution is -2.36. The first-order chi connectivity index (χ1) is 13.2. The summed E-state index contributed by atoms with van der Waals surface area (Å²) in [5, 5.41) is 0.943. The van der Waals surface area contributed by atoms with Gasteiger partial charge in [0.15, 0.2) is 0 Å². The number of carbonyl (C=O) groups excluding carboxylic acids is 1. The summed E-state index contributed by atoms with van der Waals surface area (Å²) in [6, 6.07) is 10.00. The number of nitrogens with zero attached hydrogens (tertiary/aromatic N) is 1. The van der Waals surface area contributed by atoms with Crippen LogP contribution in [0.1, 0.15) is 32.6 Å². The molecule has 0 radical (unpaired) electrons. The Morgan fingerprint density at radius 1 is 1.07 bits per heavy atom. The van der Waals surface area contributed by atoms with E-state index in [2.05, 4.69) is 4.98 Å². The number of nitrogens with one attached hydrogen (secondary N) is 1. The number of pyridine rings is 1. The average molecular weight is 386 g/mol. The molecule has 0 unspecified atom stereocenters. The molecule has 4 rings (SSSR count). The van der Waals surface area contributed by atoms with E-state index in [-0.39, 0.29) is 17.0 Å². The SMILES string of the molecule is Cc1cc2cc3c(cc2[nH]c1=O)CN(C(=O)c1ccc(C(F)(F)F)cc1)CC3. The van der Waals surface area contributed by atoms with Crippen LogP contribution in [0.5, 0.6) is 0 Å². The lowest BCUT2D eigenvalue weighted by molar-refractivity contribution is -0.137. The summed E-state index contributed by atoms with van der Waals surface area (Å²) >= 11 is 0. The molecule has 0 saturated heterocycles. The molecule has 4 nitrogen and oxygen atoms in total. The predicted octanol–water partition coefficient (Wildman–Crippen LogP) is 4.05. The van der Waals surface area contributed by atoms with E-state index >= 15 is 0 Å². The van der Waals surface area contributed by atoms with Crippen LogP contribution in [0.2, 0.25) is 0 Å². The molecule has 144 valence electrons. The van der Waals surface area contributed by atoms with Crippen LogP contribution in [0, 0.1) is 6.92 Å². The summed E-state index contributed by atoms with van der Waals surface area (Å²) in [6.45, 7) is 2.59. The van der Waals surface area contributed by atoms with Crippen LogP contribution in [0.4, 0.5) is 13.2 Å². The Kier molecular flexibility index (Phi) is 4.25. The molecule has 0 spiro atoms. The van der Waals surface area contributed by atoms with Gasteiger partial charge in [0.25, 0.3) is 11.5 Å². The molecule has 1 N–H and O–H groups in total. The number of hydrogen-bond donors (Lipinski definition) is 1. The standard InChI is InChI=1S/C21H17F3N2O2/c1-12-8-15-9-14-6-7-26(11-16(14)10-18(15)25-19(12)27)20(28)13-2-4-17(5-3-13)21(22,23)24/h2-5,8-10H,6-7,11H2,1H3,(H,25,27). The Morgan fingerprint density at radius 2 is 1.79 bits per heavy atom. The number of aromatic amines is 1. The second-order valence-corrected chi connectivity index (χ2v) is 7.04. The van der Waals surface area contributed by atoms with Crippen molar-refractivity contribution < 1.29 is 18.0 Å². The molecule has 2 aromatic carbocycles. The maximum Gasteiger partial charge on any atom is 0.416 e. The zero-order valence-electron chi connectivity index (χ0n) is 15.1. The number of H-pyrrole nitrogens is 1. The summed E-state index contributed by atoms with van der Waals surface area (Å²) in [6.07, 6.45) is -3.78. The maximum atomic E-state index is 12.7. The number of aromatic nitrogens is 1. The van der Waals surface area contributed by atoms with Gasteiger partial charge in [0.1, 0.15) is 0 Å². The topological polar surface area (TPSA) is 53.2 Å². The highest BCUT2D eigenvalue weighted by Gasteiger charge is 2.30. The van der Waals surface area contributed by atoms with E-state index < -0.39 is 11.7 Å². The second-order valence-electron chi connectivity index (χ2n) is 7.04. The van der Waals surface area contributed by atoms with Gasteiger partial charge in [-0.2, -0.15) is 13.2 Å². The van der Waals surface area contributed by atoms with Crippen LogP contribution >= 0.6 is 0 Å². The highest BCUT2D eigenvalue weighted by Crippen LogP contribution is 2.30. The quantitative estimate of drug-likeness (QED) is 0.686. The minimum absolute atomic E-state index is 0.152. The number of aryl methyl sites for hydroxylation is 1. The van der Waals surface area contributed by atoms with Crippen molar-refractivity contribution in [2.45, 2.75) is 26.1 Å². The van der Waals surface area contributed by atoms with E-state index in [4.69, 9.17) is 0 Å². The van der Waals surface area contributed by atoms with Gasteiger partial charge in [0, 0.05) is 29.7 Å². The molecule has 0 aliphatic carbocycles. The van der Waals surface area contributed by atoms with E-state index in [0.717, 1.165) is 28.6 Å². The minimum atomic E-state index is -4.43. The second kappa shape index (κ2) is 6.51. The Balaban J connectivity index is 1.61.